The quantitative estimate of drug-likeness (QED) is 0.442. The molecule has 4 heterocycles. The van der Waals surface area contributed by atoms with Crippen molar-refractivity contribution < 1.29 is 28.7 Å². The predicted molar refractivity (Wildman–Crippen MR) is 174 cm³/mol. The summed E-state index contributed by atoms with van der Waals surface area (Å²) in [5, 5.41) is 2.42. The van der Waals surface area contributed by atoms with Crippen molar-refractivity contribution in [3.8, 4) is 0 Å². The fourth-order valence-electron chi connectivity index (χ4n) is 6.97. The number of ether oxygens (including phenoxy) is 1. The van der Waals surface area contributed by atoms with Crippen LogP contribution in [0.4, 0.5) is 16.2 Å². The number of benzene rings is 1. The van der Waals surface area contributed by atoms with Gasteiger partial charge in [0.05, 0.1) is 11.1 Å². The number of rotatable bonds is 3. The average Bonchev–Trinajstić information content (AvgIpc) is 3.77. The van der Waals surface area contributed by atoms with Gasteiger partial charge in [-0.05, 0) is 90.2 Å². The van der Waals surface area contributed by atoms with Gasteiger partial charge in [0, 0.05) is 50.3 Å². The van der Waals surface area contributed by atoms with E-state index >= 15 is 0 Å². The molecule has 10 nitrogen and oxygen atoms in total. The van der Waals surface area contributed by atoms with Gasteiger partial charge in [0.25, 0.3) is 0 Å². The zero-order valence-electron chi connectivity index (χ0n) is 28.3. The summed E-state index contributed by atoms with van der Waals surface area (Å²) in [6.07, 6.45) is 6.75. The van der Waals surface area contributed by atoms with Crippen LogP contribution in [-0.4, -0.2) is 72.3 Å². The number of piperidine rings is 3. The third-order valence-electron chi connectivity index (χ3n) is 9.80. The van der Waals surface area contributed by atoms with Crippen LogP contribution in [0.2, 0.25) is 0 Å². The normalized spacial score (nSPS) is 23.0. The highest BCUT2D eigenvalue weighted by Gasteiger charge is 2.62. The second-order valence-corrected chi connectivity index (χ2v) is 13.9. The van der Waals surface area contributed by atoms with E-state index in [0.29, 0.717) is 12.8 Å². The SMILES string of the molecule is CC.CC(C)(C)OC(=O)N1CCC2(CC1)CCN(c1cccc3c1C1(CC1)C(=O)N3C1CCC(=O)NC1=O)CC2.CCC(C)=O. The van der Waals surface area contributed by atoms with Crippen molar-refractivity contribution in [1.29, 1.82) is 0 Å². The van der Waals surface area contributed by atoms with Crippen LogP contribution in [0.3, 0.4) is 0 Å². The van der Waals surface area contributed by atoms with Crippen molar-refractivity contribution in [2.45, 2.75) is 123 Å². The van der Waals surface area contributed by atoms with Gasteiger partial charge in [-0.15, -0.1) is 0 Å². The number of ketones is 1. The molecule has 1 atom stereocenters. The Kier molecular flexibility index (Phi) is 10.3. The lowest BCUT2D eigenvalue weighted by atomic mass is 9.71. The van der Waals surface area contributed by atoms with Crippen LogP contribution < -0.4 is 15.1 Å². The van der Waals surface area contributed by atoms with Gasteiger partial charge in [0.15, 0.2) is 0 Å². The summed E-state index contributed by atoms with van der Waals surface area (Å²) in [4.78, 5) is 66.4. The number of Topliss-reactive ketones (excluding diaryl/α,β-unsaturated/α-hetero) is 1. The lowest BCUT2D eigenvalue weighted by molar-refractivity contribution is -0.135. The lowest BCUT2D eigenvalue weighted by Crippen LogP contribution is -2.54. The van der Waals surface area contributed by atoms with Crippen LogP contribution in [0.25, 0.3) is 0 Å². The number of imide groups is 1. The molecule has 45 heavy (non-hydrogen) atoms. The van der Waals surface area contributed by atoms with E-state index in [1.807, 2.05) is 58.6 Å². The van der Waals surface area contributed by atoms with Crippen molar-refractivity contribution in [3.63, 3.8) is 0 Å². The molecule has 4 amide bonds. The van der Waals surface area contributed by atoms with Gasteiger partial charge in [-0.25, -0.2) is 4.79 Å². The molecule has 4 aliphatic heterocycles. The Labute approximate surface area is 268 Å². The highest BCUT2D eigenvalue weighted by Crippen LogP contribution is 2.61. The van der Waals surface area contributed by atoms with E-state index in [4.69, 9.17) is 4.74 Å². The van der Waals surface area contributed by atoms with Gasteiger partial charge >= 0.3 is 6.09 Å². The fourth-order valence-corrected chi connectivity index (χ4v) is 6.97. The van der Waals surface area contributed by atoms with Gasteiger partial charge < -0.3 is 19.3 Å². The molecule has 0 aromatic heterocycles. The van der Waals surface area contributed by atoms with Gasteiger partial charge in [0.2, 0.25) is 17.7 Å². The Balaban J connectivity index is 0.000000602. The van der Waals surface area contributed by atoms with E-state index in [-0.39, 0.29) is 41.4 Å². The number of nitrogens with zero attached hydrogens (tertiary/aromatic N) is 3. The molecule has 10 heteroatoms. The summed E-state index contributed by atoms with van der Waals surface area (Å²) in [6, 6.07) is 5.45. The molecule has 1 saturated carbocycles. The highest BCUT2D eigenvalue weighted by atomic mass is 16.6. The molecule has 2 spiro atoms. The van der Waals surface area contributed by atoms with Crippen LogP contribution in [-0.2, 0) is 29.3 Å². The maximum absolute atomic E-state index is 13.7. The van der Waals surface area contributed by atoms with Crippen LogP contribution in [0.1, 0.15) is 112 Å². The summed E-state index contributed by atoms with van der Waals surface area (Å²) in [5.74, 6) is -0.379. The van der Waals surface area contributed by atoms with Crippen LogP contribution in [0.15, 0.2) is 18.2 Å². The van der Waals surface area contributed by atoms with E-state index in [1.54, 1.807) is 11.8 Å². The number of hydrogen-bond donors (Lipinski definition) is 1. The van der Waals surface area contributed by atoms with E-state index < -0.39 is 17.1 Å². The van der Waals surface area contributed by atoms with Crippen molar-refractivity contribution in [2.24, 2.45) is 5.41 Å². The molecule has 3 saturated heterocycles. The average molecular weight is 625 g/mol. The third kappa shape index (κ3) is 7.20. The molecular formula is C35H52N4O6. The molecule has 6 rings (SSSR count). The summed E-state index contributed by atoms with van der Waals surface area (Å²) in [5.41, 5.74) is 2.25. The van der Waals surface area contributed by atoms with Crippen LogP contribution in [0.5, 0.6) is 0 Å². The van der Waals surface area contributed by atoms with Crippen molar-refractivity contribution >= 4 is 41.0 Å². The standard InChI is InChI=1S/C29H38N4O5.C4H8O.C2H6/c1-27(2,3)38-26(37)32-17-13-28(14-18-32)11-15-31(16-12-28)19-5-4-6-20-23(19)29(9-10-29)25(36)33(20)21-7-8-22(34)30-24(21)35;1-3-4(2)5;1-2/h4-6,21H,7-18H2,1-3H3,(H,30,34,35);3H2,1-2H3;1-2H3. The fraction of sp³-hybridized carbons (Fsp3) is 0.686. The van der Waals surface area contributed by atoms with Gasteiger partial charge in [-0.2, -0.15) is 0 Å². The first-order valence-corrected chi connectivity index (χ1v) is 16.8. The maximum atomic E-state index is 13.7. The first-order valence-electron chi connectivity index (χ1n) is 16.8. The maximum Gasteiger partial charge on any atom is 0.410 e. The molecule has 1 aromatic carbocycles. The predicted octanol–water partition coefficient (Wildman–Crippen LogP) is 5.50. The number of carbonyl (C=O) groups excluding carboxylic acids is 5. The van der Waals surface area contributed by atoms with E-state index in [0.717, 1.165) is 81.6 Å². The third-order valence-corrected chi connectivity index (χ3v) is 9.80. The van der Waals surface area contributed by atoms with Crippen molar-refractivity contribution in [3.05, 3.63) is 23.8 Å². The number of amides is 4. The second-order valence-electron chi connectivity index (χ2n) is 13.9. The molecule has 1 aromatic rings. The molecular weight excluding hydrogens is 572 g/mol. The molecule has 4 fully saturated rings. The van der Waals surface area contributed by atoms with Crippen LogP contribution in [0, 0.1) is 5.41 Å². The zero-order valence-corrected chi connectivity index (χ0v) is 28.3. The zero-order chi connectivity index (χ0) is 33.2. The minimum Gasteiger partial charge on any atom is -0.444 e. The van der Waals surface area contributed by atoms with E-state index in [9.17, 15) is 24.0 Å². The minimum atomic E-state index is -0.631. The first-order chi connectivity index (χ1) is 21.3. The molecule has 5 aliphatic rings. The lowest BCUT2D eigenvalue weighted by Gasteiger charge is -2.47. The van der Waals surface area contributed by atoms with Crippen molar-refractivity contribution in [1.82, 2.24) is 10.2 Å². The Hall–Kier alpha value is -3.43. The number of carbonyl (C=O) groups is 5. The summed E-state index contributed by atoms with van der Waals surface area (Å²) in [7, 11) is 0. The number of anilines is 2. The van der Waals surface area contributed by atoms with E-state index in [2.05, 4.69) is 16.3 Å². The molecule has 1 unspecified atom stereocenters. The first kappa shape index (κ1) is 34.4. The Morgan fingerprint density at radius 3 is 2.00 bits per heavy atom. The van der Waals surface area contributed by atoms with Gasteiger partial charge in [-0.1, -0.05) is 26.8 Å². The number of hydrogen-bond acceptors (Lipinski definition) is 7. The molecule has 0 radical (unpaired) electrons. The smallest absolute Gasteiger partial charge is 0.410 e. The Bertz CT molecular complexity index is 1300. The summed E-state index contributed by atoms with van der Waals surface area (Å²) in [6.45, 7) is 16.4. The summed E-state index contributed by atoms with van der Waals surface area (Å²) < 4.78 is 5.57. The number of nitrogens with one attached hydrogen (secondary N) is 1. The Morgan fingerprint density at radius 2 is 1.49 bits per heavy atom. The second kappa shape index (κ2) is 13.5. The largest absolute Gasteiger partial charge is 0.444 e. The number of likely N-dealkylation sites (tertiary alicyclic amines) is 1. The molecule has 1 aliphatic carbocycles. The van der Waals surface area contributed by atoms with Gasteiger partial charge in [-0.3, -0.25) is 24.6 Å². The Morgan fingerprint density at radius 1 is 0.933 bits per heavy atom. The highest BCUT2D eigenvalue weighted by molar-refractivity contribution is 6.16. The topological polar surface area (TPSA) is 116 Å². The van der Waals surface area contributed by atoms with Gasteiger partial charge in [0.1, 0.15) is 17.4 Å². The van der Waals surface area contributed by atoms with E-state index in [1.165, 1.54) is 0 Å². The summed E-state index contributed by atoms with van der Waals surface area (Å²) >= 11 is 0. The molecule has 1 N–H and O–H groups in total. The van der Waals surface area contributed by atoms with Crippen molar-refractivity contribution in [2.75, 3.05) is 36.0 Å². The molecule has 248 valence electrons. The number of fused-ring (bicyclic) bond motifs is 2. The van der Waals surface area contributed by atoms with Crippen LogP contribution >= 0.6 is 0 Å². The molecule has 0 bridgehead atoms. The monoisotopic (exact) mass is 624 g/mol. The minimum absolute atomic E-state index is 0.0115.